The average molecular weight is 262 g/mol. The smallest absolute Gasteiger partial charge is 0.311 e. The molecule has 0 heterocycles. The van der Waals surface area contributed by atoms with E-state index in [1.54, 1.807) is 6.92 Å². The summed E-state index contributed by atoms with van der Waals surface area (Å²) < 4.78 is 35.2. The molecule has 0 atom stereocenters. The quantitative estimate of drug-likeness (QED) is 0.330. The van der Waals surface area contributed by atoms with Crippen LogP contribution in [-0.2, 0) is 19.6 Å². The van der Waals surface area contributed by atoms with E-state index in [-0.39, 0.29) is 17.7 Å². The lowest BCUT2D eigenvalue weighted by molar-refractivity contribution is -0.138. The molecule has 5 nitrogen and oxygen atoms in total. The molecular weight excluding hydrogens is 244 g/mol. The van der Waals surface area contributed by atoms with E-state index in [1.807, 2.05) is 6.92 Å². The van der Waals surface area contributed by atoms with Gasteiger partial charge in [-0.2, -0.15) is 8.42 Å². The molecule has 0 saturated carbocycles. The van der Waals surface area contributed by atoms with Crippen molar-refractivity contribution in [1.82, 2.24) is 0 Å². The average Bonchev–Trinajstić information content (AvgIpc) is 2.23. The highest BCUT2D eigenvalue weighted by Gasteiger charge is 2.11. The molecule has 17 heavy (non-hydrogen) atoms. The first-order valence-electron chi connectivity index (χ1n) is 5.52. The minimum atomic E-state index is -4.26. The minimum Gasteiger partial charge on any atom is -0.426 e. The van der Waals surface area contributed by atoms with Crippen molar-refractivity contribution >= 4 is 16.1 Å². The second kappa shape index (κ2) is 8.06. The molecule has 0 aromatic heterocycles. The van der Waals surface area contributed by atoms with Crippen molar-refractivity contribution in [2.24, 2.45) is 0 Å². The third kappa shape index (κ3) is 7.74. The molecule has 0 rings (SSSR count). The number of ether oxygens (including phenoxy) is 1. The number of carbonyl (C=O) groups excluding carboxylic acids is 1. The van der Waals surface area contributed by atoms with E-state index in [9.17, 15) is 13.2 Å². The van der Waals surface area contributed by atoms with E-state index in [2.05, 4.69) is 10.5 Å². The molecule has 6 heteroatoms. The van der Waals surface area contributed by atoms with Gasteiger partial charge in [0.15, 0.2) is 0 Å². The molecule has 0 aromatic carbocycles. The summed E-state index contributed by atoms with van der Waals surface area (Å²) in [5.74, 6) is -0.439. The summed E-state index contributed by atoms with van der Waals surface area (Å²) in [5.41, 5.74) is 2.28. The van der Waals surface area contributed by atoms with Crippen LogP contribution in [0.4, 0.5) is 0 Å². The Morgan fingerprint density at radius 1 is 1.29 bits per heavy atom. The standard InChI is InChI=1S/C11H18O5S/c1-3-5-7-11(12)16-9-8-10(6-4-2)17(13,14)15/h9H,3-7H2,1-2H3,(H,13,14,15). The van der Waals surface area contributed by atoms with Gasteiger partial charge < -0.3 is 4.74 Å². The number of esters is 1. The maximum atomic E-state index is 11.1. The molecule has 1 N–H and O–H groups in total. The van der Waals surface area contributed by atoms with Crippen molar-refractivity contribution in [2.45, 2.75) is 46.0 Å². The summed E-state index contributed by atoms with van der Waals surface area (Å²) >= 11 is 0. The molecule has 0 aliphatic heterocycles. The highest BCUT2D eigenvalue weighted by atomic mass is 32.2. The largest absolute Gasteiger partial charge is 0.426 e. The predicted octanol–water partition coefficient (Wildman–Crippen LogP) is 2.40. The fourth-order valence-electron chi connectivity index (χ4n) is 1.04. The summed E-state index contributed by atoms with van der Waals surface area (Å²) in [6, 6.07) is 0. The molecule has 98 valence electrons. The third-order valence-electron chi connectivity index (χ3n) is 1.93. The molecule has 0 spiro atoms. The van der Waals surface area contributed by atoms with Crippen LogP contribution >= 0.6 is 0 Å². The van der Waals surface area contributed by atoms with Crippen LogP contribution in [0.3, 0.4) is 0 Å². The lowest BCUT2D eigenvalue weighted by Crippen LogP contribution is -2.01. The number of carbonyl (C=O) groups is 1. The first-order chi connectivity index (χ1) is 7.91. The molecule has 0 aliphatic carbocycles. The summed E-state index contributed by atoms with van der Waals surface area (Å²) in [7, 11) is -4.26. The van der Waals surface area contributed by atoms with Crippen LogP contribution in [0.1, 0.15) is 46.0 Å². The van der Waals surface area contributed by atoms with Crippen LogP contribution < -0.4 is 0 Å². The topological polar surface area (TPSA) is 80.7 Å². The molecular formula is C11H18O5S. The second-order valence-electron chi connectivity index (χ2n) is 3.50. The van der Waals surface area contributed by atoms with Crippen molar-refractivity contribution in [3.05, 3.63) is 16.9 Å². The van der Waals surface area contributed by atoms with Gasteiger partial charge in [-0.05, 0) is 12.8 Å². The van der Waals surface area contributed by atoms with Crippen LogP contribution in [0.2, 0.25) is 0 Å². The zero-order chi connectivity index (χ0) is 13.3. The maximum absolute atomic E-state index is 11.1. The Hall–Kier alpha value is -1.10. The van der Waals surface area contributed by atoms with Crippen LogP contribution in [0.15, 0.2) is 16.9 Å². The highest BCUT2D eigenvalue weighted by molar-refractivity contribution is 7.89. The van der Waals surface area contributed by atoms with E-state index < -0.39 is 16.1 Å². The van der Waals surface area contributed by atoms with Gasteiger partial charge in [0.2, 0.25) is 0 Å². The van der Waals surface area contributed by atoms with Gasteiger partial charge in [0.1, 0.15) is 11.2 Å². The van der Waals surface area contributed by atoms with Gasteiger partial charge in [0.05, 0.1) is 0 Å². The SMILES string of the molecule is CCCCC(=O)OC=C=C(CCC)S(=O)(=O)O. The van der Waals surface area contributed by atoms with Crippen molar-refractivity contribution < 1.29 is 22.5 Å². The summed E-state index contributed by atoms with van der Waals surface area (Å²) in [6.45, 7) is 3.71. The summed E-state index contributed by atoms with van der Waals surface area (Å²) in [6.07, 6.45) is 3.46. The van der Waals surface area contributed by atoms with Crippen LogP contribution in [0.5, 0.6) is 0 Å². The normalized spacial score (nSPS) is 10.5. The van der Waals surface area contributed by atoms with Gasteiger partial charge >= 0.3 is 5.97 Å². The Labute approximate surface area is 102 Å². The predicted molar refractivity (Wildman–Crippen MR) is 63.7 cm³/mol. The summed E-state index contributed by atoms with van der Waals surface area (Å²) in [5, 5.41) is 0. The first kappa shape index (κ1) is 15.9. The van der Waals surface area contributed by atoms with E-state index in [0.717, 1.165) is 19.1 Å². The number of allylic oxidation sites excluding steroid dienone is 1. The zero-order valence-electron chi connectivity index (χ0n) is 10.1. The van der Waals surface area contributed by atoms with Gasteiger partial charge in [-0.15, -0.1) is 0 Å². The zero-order valence-corrected chi connectivity index (χ0v) is 10.9. The monoisotopic (exact) mass is 262 g/mol. The Kier molecular flexibility index (Phi) is 7.54. The van der Waals surface area contributed by atoms with Crippen molar-refractivity contribution in [3.63, 3.8) is 0 Å². The van der Waals surface area contributed by atoms with Crippen LogP contribution in [-0.4, -0.2) is 18.9 Å². The molecule has 0 unspecified atom stereocenters. The highest BCUT2D eigenvalue weighted by Crippen LogP contribution is 2.09. The molecule has 0 amide bonds. The van der Waals surface area contributed by atoms with Crippen molar-refractivity contribution in [2.75, 3.05) is 0 Å². The number of unbranched alkanes of at least 4 members (excludes halogenated alkanes) is 1. The fourth-order valence-corrected chi connectivity index (χ4v) is 1.70. The Morgan fingerprint density at radius 3 is 2.41 bits per heavy atom. The molecule has 0 aliphatic rings. The Bertz CT molecular complexity index is 402. The van der Waals surface area contributed by atoms with Gasteiger partial charge in [-0.25, -0.2) is 0 Å². The molecule has 0 aromatic rings. The Balaban J connectivity index is 4.56. The lowest BCUT2D eigenvalue weighted by Gasteiger charge is -1.98. The van der Waals surface area contributed by atoms with Gasteiger partial charge in [-0.3, -0.25) is 9.35 Å². The second-order valence-corrected chi connectivity index (χ2v) is 4.95. The van der Waals surface area contributed by atoms with Crippen molar-refractivity contribution in [1.29, 1.82) is 0 Å². The fraction of sp³-hybridized carbons (Fsp3) is 0.636. The molecule has 0 fully saturated rings. The minimum absolute atomic E-state index is 0.155. The van der Waals surface area contributed by atoms with E-state index >= 15 is 0 Å². The third-order valence-corrected chi connectivity index (χ3v) is 2.88. The van der Waals surface area contributed by atoms with Crippen LogP contribution in [0, 0.1) is 0 Å². The molecule has 0 radical (unpaired) electrons. The van der Waals surface area contributed by atoms with Crippen molar-refractivity contribution in [3.8, 4) is 0 Å². The summed E-state index contributed by atoms with van der Waals surface area (Å²) in [4.78, 5) is 10.8. The Morgan fingerprint density at radius 2 is 1.94 bits per heavy atom. The number of hydrogen-bond acceptors (Lipinski definition) is 4. The molecule has 0 bridgehead atoms. The van der Waals surface area contributed by atoms with E-state index in [4.69, 9.17) is 4.55 Å². The maximum Gasteiger partial charge on any atom is 0.311 e. The first-order valence-corrected chi connectivity index (χ1v) is 6.96. The van der Waals surface area contributed by atoms with Crippen LogP contribution in [0.25, 0.3) is 0 Å². The van der Waals surface area contributed by atoms with E-state index in [1.165, 1.54) is 0 Å². The number of hydrogen-bond donors (Lipinski definition) is 1. The van der Waals surface area contributed by atoms with Gasteiger partial charge in [-0.1, -0.05) is 32.4 Å². The van der Waals surface area contributed by atoms with Gasteiger partial charge in [0.25, 0.3) is 10.1 Å². The number of rotatable bonds is 7. The van der Waals surface area contributed by atoms with E-state index in [0.29, 0.717) is 6.42 Å². The van der Waals surface area contributed by atoms with Gasteiger partial charge in [0, 0.05) is 6.42 Å². The molecule has 0 saturated heterocycles. The lowest BCUT2D eigenvalue weighted by atomic mass is 10.3.